The first-order chi connectivity index (χ1) is 11.8. The van der Waals surface area contributed by atoms with Gasteiger partial charge in [-0.25, -0.2) is 9.18 Å². The third-order valence-electron chi connectivity index (χ3n) is 4.06. The van der Waals surface area contributed by atoms with Crippen LogP contribution in [0.2, 0.25) is 0 Å². The number of urea groups is 1. The average molecular weight is 336 g/mol. The van der Waals surface area contributed by atoms with Crippen LogP contribution in [-0.2, 0) is 5.41 Å². The smallest absolute Gasteiger partial charge is 0.308 e. The molecule has 0 aliphatic carbocycles. The second-order valence-electron chi connectivity index (χ2n) is 7.05. The van der Waals surface area contributed by atoms with Crippen molar-refractivity contribution in [3.8, 4) is 0 Å². The number of amides is 2. The summed E-state index contributed by atoms with van der Waals surface area (Å²) in [5.41, 5.74) is 2.35. The molecule has 0 fully saturated rings. The molecule has 0 spiro atoms. The van der Waals surface area contributed by atoms with Crippen molar-refractivity contribution in [1.29, 1.82) is 0 Å². The fraction of sp³-hybridized carbons (Fsp3) is 0.190. The van der Waals surface area contributed by atoms with E-state index in [1.165, 1.54) is 17.7 Å². The number of rotatable bonds is 2. The lowest BCUT2D eigenvalue weighted by atomic mass is 9.83. The first-order valence-electron chi connectivity index (χ1n) is 8.20. The van der Waals surface area contributed by atoms with Crippen LogP contribution < -0.4 is 10.6 Å². The average Bonchev–Trinajstić information content (AvgIpc) is 2.53. The summed E-state index contributed by atoms with van der Waals surface area (Å²) in [4.78, 5) is 12.3. The molecule has 2 amide bonds. The van der Waals surface area contributed by atoms with E-state index >= 15 is 0 Å². The van der Waals surface area contributed by atoms with Gasteiger partial charge in [-0.2, -0.15) is 0 Å². The lowest BCUT2D eigenvalue weighted by Crippen LogP contribution is -2.19. The van der Waals surface area contributed by atoms with E-state index in [2.05, 4.69) is 43.5 Å². The fourth-order valence-corrected chi connectivity index (χ4v) is 2.92. The highest BCUT2D eigenvalue weighted by molar-refractivity contribution is 6.06. The van der Waals surface area contributed by atoms with Crippen LogP contribution in [0.3, 0.4) is 0 Å². The van der Waals surface area contributed by atoms with Gasteiger partial charge in [0.25, 0.3) is 0 Å². The molecule has 4 heteroatoms. The van der Waals surface area contributed by atoms with Crippen LogP contribution in [0.5, 0.6) is 0 Å². The SMILES string of the molecule is CC(C)(C)c1cccc2c(NC(=O)Nc3cccc(F)c3)cccc12. The van der Waals surface area contributed by atoms with Gasteiger partial charge in [0.1, 0.15) is 5.82 Å². The molecule has 128 valence electrons. The highest BCUT2D eigenvalue weighted by Gasteiger charge is 2.17. The van der Waals surface area contributed by atoms with Crippen molar-refractivity contribution in [2.24, 2.45) is 0 Å². The van der Waals surface area contributed by atoms with Gasteiger partial charge in [-0.3, -0.25) is 0 Å². The Bertz CT molecular complexity index is 929. The molecular weight excluding hydrogens is 315 g/mol. The second-order valence-corrected chi connectivity index (χ2v) is 7.05. The summed E-state index contributed by atoms with van der Waals surface area (Å²) in [5.74, 6) is -0.391. The maximum atomic E-state index is 13.2. The van der Waals surface area contributed by atoms with E-state index in [0.717, 1.165) is 16.5 Å². The topological polar surface area (TPSA) is 41.1 Å². The molecule has 25 heavy (non-hydrogen) atoms. The molecule has 0 bridgehead atoms. The second kappa shape index (κ2) is 6.55. The van der Waals surface area contributed by atoms with Crippen molar-refractivity contribution in [3.63, 3.8) is 0 Å². The first-order valence-corrected chi connectivity index (χ1v) is 8.20. The number of benzene rings is 3. The molecule has 3 aromatic rings. The summed E-state index contributed by atoms with van der Waals surface area (Å²) >= 11 is 0. The Balaban J connectivity index is 1.90. The minimum atomic E-state index is -0.403. The molecule has 0 heterocycles. The van der Waals surface area contributed by atoms with E-state index in [9.17, 15) is 9.18 Å². The van der Waals surface area contributed by atoms with Crippen LogP contribution in [0.15, 0.2) is 60.7 Å². The van der Waals surface area contributed by atoms with Gasteiger partial charge in [0.2, 0.25) is 0 Å². The van der Waals surface area contributed by atoms with Crippen molar-refractivity contribution in [3.05, 3.63) is 72.0 Å². The summed E-state index contributed by atoms with van der Waals surface area (Å²) in [7, 11) is 0. The van der Waals surface area contributed by atoms with Gasteiger partial charge in [0.15, 0.2) is 0 Å². The van der Waals surface area contributed by atoms with Gasteiger partial charge in [-0.05, 0) is 40.6 Å². The van der Waals surface area contributed by atoms with Crippen LogP contribution in [0.1, 0.15) is 26.3 Å². The van der Waals surface area contributed by atoms with Crippen LogP contribution in [0.4, 0.5) is 20.6 Å². The van der Waals surface area contributed by atoms with Crippen molar-refractivity contribution < 1.29 is 9.18 Å². The molecule has 0 atom stereocenters. The van der Waals surface area contributed by atoms with Crippen molar-refractivity contribution >= 4 is 28.2 Å². The molecule has 0 aliphatic rings. The number of nitrogens with one attached hydrogen (secondary N) is 2. The van der Waals surface area contributed by atoms with Crippen LogP contribution in [0.25, 0.3) is 10.8 Å². The van der Waals surface area contributed by atoms with E-state index in [-0.39, 0.29) is 5.41 Å². The largest absolute Gasteiger partial charge is 0.323 e. The zero-order chi connectivity index (χ0) is 18.0. The zero-order valence-electron chi connectivity index (χ0n) is 14.6. The lowest BCUT2D eigenvalue weighted by molar-refractivity contribution is 0.262. The summed E-state index contributed by atoms with van der Waals surface area (Å²) in [6.45, 7) is 6.50. The van der Waals surface area contributed by atoms with Gasteiger partial charge in [-0.1, -0.05) is 57.2 Å². The number of carbonyl (C=O) groups is 1. The van der Waals surface area contributed by atoms with Gasteiger partial charge < -0.3 is 10.6 Å². The van der Waals surface area contributed by atoms with Crippen molar-refractivity contribution in [2.45, 2.75) is 26.2 Å². The maximum Gasteiger partial charge on any atom is 0.323 e. The molecule has 0 saturated carbocycles. The van der Waals surface area contributed by atoms with E-state index in [4.69, 9.17) is 0 Å². The van der Waals surface area contributed by atoms with Gasteiger partial charge in [0.05, 0.1) is 5.69 Å². The van der Waals surface area contributed by atoms with Crippen molar-refractivity contribution in [1.82, 2.24) is 0 Å². The van der Waals surface area contributed by atoms with Crippen LogP contribution >= 0.6 is 0 Å². The number of hydrogen-bond donors (Lipinski definition) is 2. The third kappa shape index (κ3) is 3.79. The highest BCUT2D eigenvalue weighted by atomic mass is 19.1. The minimum absolute atomic E-state index is 0.00194. The summed E-state index contributed by atoms with van der Waals surface area (Å²) in [6.07, 6.45) is 0. The predicted octanol–water partition coefficient (Wildman–Crippen LogP) is 5.92. The monoisotopic (exact) mass is 336 g/mol. The fourth-order valence-electron chi connectivity index (χ4n) is 2.92. The number of hydrogen-bond acceptors (Lipinski definition) is 1. The van der Waals surface area contributed by atoms with Gasteiger partial charge >= 0.3 is 6.03 Å². The number of anilines is 2. The molecule has 0 aromatic heterocycles. The normalized spacial score (nSPS) is 11.4. The number of carbonyl (C=O) groups excluding carboxylic acids is 1. The Hall–Kier alpha value is -2.88. The maximum absolute atomic E-state index is 13.2. The number of halogens is 1. The molecule has 0 saturated heterocycles. The molecule has 0 unspecified atom stereocenters. The predicted molar refractivity (Wildman–Crippen MR) is 102 cm³/mol. The molecule has 3 rings (SSSR count). The minimum Gasteiger partial charge on any atom is -0.308 e. The Morgan fingerprint density at radius 3 is 2.28 bits per heavy atom. The van der Waals surface area contributed by atoms with Crippen molar-refractivity contribution in [2.75, 3.05) is 10.6 Å². The van der Waals surface area contributed by atoms with E-state index in [0.29, 0.717) is 5.69 Å². The Labute approximate surface area is 146 Å². The van der Waals surface area contributed by atoms with Crippen LogP contribution in [0, 0.1) is 5.82 Å². The highest BCUT2D eigenvalue weighted by Crippen LogP contribution is 2.33. The molecule has 3 aromatic carbocycles. The molecule has 2 N–H and O–H groups in total. The molecular formula is C21H21FN2O. The van der Waals surface area contributed by atoms with E-state index < -0.39 is 11.8 Å². The molecule has 3 nitrogen and oxygen atoms in total. The van der Waals surface area contributed by atoms with Crippen LogP contribution in [-0.4, -0.2) is 6.03 Å². The first kappa shape index (κ1) is 17.0. The van der Waals surface area contributed by atoms with E-state index in [1.54, 1.807) is 12.1 Å². The lowest BCUT2D eigenvalue weighted by Gasteiger charge is -2.22. The Morgan fingerprint density at radius 2 is 1.56 bits per heavy atom. The number of fused-ring (bicyclic) bond motifs is 1. The molecule has 0 aliphatic heterocycles. The summed E-state index contributed by atoms with van der Waals surface area (Å²) in [5, 5.41) is 7.60. The molecule has 0 radical (unpaired) electrons. The zero-order valence-corrected chi connectivity index (χ0v) is 14.6. The quantitative estimate of drug-likeness (QED) is 0.599. The summed E-state index contributed by atoms with van der Waals surface area (Å²) in [6, 6.07) is 17.4. The van der Waals surface area contributed by atoms with Gasteiger partial charge in [-0.15, -0.1) is 0 Å². The Kier molecular flexibility index (Phi) is 4.45. The standard InChI is InChI=1S/C21H21FN2O/c1-21(2,3)18-11-5-10-17-16(18)9-6-12-19(17)24-20(25)23-15-8-4-7-14(22)13-15/h4-13H,1-3H3,(H2,23,24,25). The summed E-state index contributed by atoms with van der Waals surface area (Å²) < 4.78 is 13.2. The van der Waals surface area contributed by atoms with E-state index in [1.807, 2.05) is 24.3 Å². The van der Waals surface area contributed by atoms with Gasteiger partial charge in [0, 0.05) is 11.1 Å². The third-order valence-corrected chi connectivity index (χ3v) is 4.06. The Morgan fingerprint density at radius 1 is 0.880 bits per heavy atom.